The number of aryl methyl sites for hydroxylation is 1. The molecule has 3 aromatic rings. The number of nitrogens with one attached hydrogen (secondary N) is 2. The zero-order valence-electron chi connectivity index (χ0n) is 18.2. The smallest absolute Gasteiger partial charge is 0.322 e. The van der Waals surface area contributed by atoms with Crippen molar-refractivity contribution >= 4 is 34.6 Å². The van der Waals surface area contributed by atoms with Gasteiger partial charge in [-0.3, -0.25) is 10.1 Å². The zero-order valence-corrected chi connectivity index (χ0v) is 18.2. The van der Waals surface area contributed by atoms with E-state index in [1.165, 1.54) is 12.4 Å². The molecule has 1 aromatic carbocycles. The first-order valence-electron chi connectivity index (χ1n) is 10.1. The lowest BCUT2D eigenvalue weighted by Gasteiger charge is -2.37. The number of carbonyl (C=O) groups is 2. The number of benzene rings is 1. The van der Waals surface area contributed by atoms with Gasteiger partial charge in [-0.15, -0.1) is 0 Å². The van der Waals surface area contributed by atoms with Crippen LogP contribution in [-0.4, -0.2) is 48.6 Å². The Balaban J connectivity index is 1.48. The molecular weight excluding hydrogens is 481 g/mol. The summed E-state index contributed by atoms with van der Waals surface area (Å²) in [5.74, 6) is -7.60. The number of anilines is 2. The average molecular weight is 499 g/mol. The average Bonchev–Trinajstić information content (AvgIpc) is 3.10. The molecule has 0 radical (unpaired) electrons. The number of fused-ring (bicyclic) bond motifs is 1. The molecule has 35 heavy (non-hydrogen) atoms. The van der Waals surface area contributed by atoms with Crippen molar-refractivity contribution in [2.75, 3.05) is 30.4 Å². The van der Waals surface area contributed by atoms with Crippen molar-refractivity contribution in [3.8, 4) is 0 Å². The maximum absolute atomic E-state index is 15.4. The number of nitrogens with zero attached hydrogens (tertiary/aromatic N) is 3. The van der Waals surface area contributed by atoms with Gasteiger partial charge < -0.3 is 19.4 Å². The molecule has 3 heterocycles. The molecule has 1 aliphatic heterocycles. The second kappa shape index (κ2) is 9.00. The Kier molecular flexibility index (Phi) is 6.21. The van der Waals surface area contributed by atoms with Gasteiger partial charge in [0, 0.05) is 30.1 Å². The maximum atomic E-state index is 15.4. The van der Waals surface area contributed by atoms with E-state index in [1.807, 2.05) is 0 Å². The van der Waals surface area contributed by atoms with Crippen LogP contribution >= 0.6 is 0 Å². The standard InChI is InChI=1S/C21H18F5N5O4/c1-9-13-3-11(22)4-14(23)15(13)35-16(9)21(26,18(24)25)30-20(33)29-12-5-27-19(28-6-12)31-7-10(8-31)17(32)34-2/h3-6,10,18H,7-8H2,1-2H3,(H2,29,30,33). The third kappa shape index (κ3) is 4.42. The maximum Gasteiger partial charge on any atom is 0.322 e. The fourth-order valence-corrected chi connectivity index (χ4v) is 3.64. The summed E-state index contributed by atoms with van der Waals surface area (Å²) in [6, 6.07) is -0.140. The van der Waals surface area contributed by atoms with Crippen molar-refractivity contribution in [2.45, 2.75) is 19.1 Å². The van der Waals surface area contributed by atoms with Crippen LogP contribution in [0.3, 0.4) is 0 Å². The molecule has 14 heteroatoms. The third-order valence-electron chi connectivity index (χ3n) is 5.48. The number of hydrogen-bond acceptors (Lipinski definition) is 7. The molecule has 1 aliphatic rings. The lowest BCUT2D eigenvalue weighted by molar-refractivity contribution is -0.146. The number of alkyl halides is 3. The third-order valence-corrected chi connectivity index (χ3v) is 5.48. The van der Waals surface area contributed by atoms with E-state index in [4.69, 9.17) is 4.42 Å². The topological polar surface area (TPSA) is 110 Å². The number of ether oxygens (including phenoxy) is 1. The van der Waals surface area contributed by atoms with Gasteiger partial charge in [-0.25, -0.2) is 36.7 Å². The van der Waals surface area contributed by atoms with E-state index in [2.05, 4.69) is 20.0 Å². The van der Waals surface area contributed by atoms with Crippen molar-refractivity contribution in [3.05, 3.63) is 47.5 Å². The predicted molar refractivity (Wildman–Crippen MR) is 112 cm³/mol. The number of rotatable bonds is 6. The van der Waals surface area contributed by atoms with Gasteiger partial charge in [-0.2, -0.15) is 0 Å². The molecule has 0 saturated carbocycles. The summed E-state index contributed by atoms with van der Waals surface area (Å²) in [5.41, 5.74) is -0.996. The quantitative estimate of drug-likeness (QED) is 0.303. The molecule has 2 aromatic heterocycles. The number of aromatic nitrogens is 2. The van der Waals surface area contributed by atoms with Gasteiger partial charge in [0.15, 0.2) is 17.2 Å². The Bertz CT molecular complexity index is 1280. The first kappa shape index (κ1) is 24.2. The minimum absolute atomic E-state index is 0.0534. The van der Waals surface area contributed by atoms with Crippen LogP contribution in [0, 0.1) is 24.5 Å². The van der Waals surface area contributed by atoms with Crippen molar-refractivity contribution in [2.24, 2.45) is 5.92 Å². The molecule has 2 N–H and O–H groups in total. The highest BCUT2D eigenvalue weighted by Gasteiger charge is 2.49. The Morgan fingerprint density at radius 3 is 2.49 bits per heavy atom. The molecular formula is C21H18F5N5O4. The number of amides is 2. The number of carbonyl (C=O) groups excluding carboxylic acids is 2. The zero-order chi connectivity index (χ0) is 25.5. The molecule has 0 bridgehead atoms. The van der Waals surface area contributed by atoms with Crippen LogP contribution < -0.4 is 15.5 Å². The van der Waals surface area contributed by atoms with E-state index >= 15 is 4.39 Å². The first-order valence-corrected chi connectivity index (χ1v) is 10.1. The Morgan fingerprint density at radius 1 is 1.23 bits per heavy atom. The van der Waals surface area contributed by atoms with Crippen LogP contribution in [0.1, 0.15) is 11.3 Å². The van der Waals surface area contributed by atoms with Crippen LogP contribution in [0.5, 0.6) is 0 Å². The lowest BCUT2D eigenvalue weighted by atomic mass is 10.0. The second-order valence-electron chi connectivity index (χ2n) is 7.81. The minimum atomic E-state index is -3.86. The van der Waals surface area contributed by atoms with Crippen LogP contribution in [0.4, 0.5) is 38.4 Å². The summed E-state index contributed by atoms with van der Waals surface area (Å²) in [7, 11) is 1.28. The van der Waals surface area contributed by atoms with Crippen LogP contribution in [0.25, 0.3) is 11.0 Å². The fourth-order valence-electron chi connectivity index (χ4n) is 3.64. The van der Waals surface area contributed by atoms with Crippen molar-refractivity contribution in [1.82, 2.24) is 15.3 Å². The minimum Gasteiger partial charge on any atom is -0.469 e. The van der Waals surface area contributed by atoms with Gasteiger partial charge in [-0.05, 0) is 13.0 Å². The van der Waals surface area contributed by atoms with Gasteiger partial charge in [0.1, 0.15) is 5.82 Å². The molecule has 186 valence electrons. The number of esters is 1. The van der Waals surface area contributed by atoms with Crippen LogP contribution in [0.15, 0.2) is 28.9 Å². The van der Waals surface area contributed by atoms with Crippen molar-refractivity contribution < 1.29 is 40.7 Å². The second-order valence-corrected chi connectivity index (χ2v) is 7.81. The van der Waals surface area contributed by atoms with Gasteiger partial charge in [-0.1, -0.05) is 0 Å². The van der Waals surface area contributed by atoms with Gasteiger partial charge in [0.25, 0.3) is 6.43 Å². The molecule has 1 fully saturated rings. The molecule has 9 nitrogen and oxygen atoms in total. The highest BCUT2D eigenvalue weighted by Crippen LogP contribution is 2.39. The Labute approximate surface area is 194 Å². The van der Waals surface area contributed by atoms with E-state index in [0.717, 1.165) is 25.4 Å². The predicted octanol–water partition coefficient (Wildman–Crippen LogP) is 3.63. The number of hydrogen-bond donors (Lipinski definition) is 2. The SMILES string of the molecule is COC(=O)C1CN(c2ncc(NC(=O)NC(F)(c3oc4c(F)cc(F)cc4c3C)C(F)F)cn2)C1. The number of urea groups is 1. The van der Waals surface area contributed by atoms with Crippen molar-refractivity contribution in [1.29, 1.82) is 0 Å². The van der Waals surface area contributed by atoms with E-state index in [-0.39, 0.29) is 34.5 Å². The normalized spacial score (nSPS) is 15.6. The molecule has 1 saturated heterocycles. The number of furan rings is 1. The summed E-state index contributed by atoms with van der Waals surface area (Å²) < 4.78 is 80.0. The number of halogens is 5. The summed E-state index contributed by atoms with van der Waals surface area (Å²) in [4.78, 5) is 33.4. The van der Waals surface area contributed by atoms with Gasteiger partial charge in [0.05, 0.1) is 31.1 Å². The van der Waals surface area contributed by atoms with E-state index in [0.29, 0.717) is 19.2 Å². The molecule has 0 spiro atoms. The highest BCUT2D eigenvalue weighted by molar-refractivity contribution is 5.90. The van der Waals surface area contributed by atoms with Crippen molar-refractivity contribution in [3.63, 3.8) is 0 Å². The van der Waals surface area contributed by atoms with Gasteiger partial charge in [0.2, 0.25) is 5.95 Å². The molecule has 1 unspecified atom stereocenters. The Hall–Kier alpha value is -3.97. The Morgan fingerprint density at radius 2 is 1.89 bits per heavy atom. The summed E-state index contributed by atoms with van der Waals surface area (Å²) >= 11 is 0. The lowest BCUT2D eigenvalue weighted by Crippen LogP contribution is -2.51. The fraction of sp³-hybridized carbons (Fsp3) is 0.333. The summed E-state index contributed by atoms with van der Waals surface area (Å²) in [6.07, 6.45) is -1.52. The van der Waals surface area contributed by atoms with E-state index in [1.54, 1.807) is 4.90 Å². The first-order chi connectivity index (χ1) is 16.5. The highest BCUT2D eigenvalue weighted by atomic mass is 19.3. The molecule has 0 aliphatic carbocycles. The van der Waals surface area contributed by atoms with E-state index < -0.39 is 41.2 Å². The summed E-state index contributed by atoms with van der Waals surface area (Å²) in [6.45, 7) is 1.80. The molecule has 2 amide bonds. The van der Waals surface area contributed by atoms with Crippen LogP contribution in [-0.2, 0) is 15.3 Å². The summed E-state index contributed by atoms with van der Waals surface area (Å²) in [5, 5.41) is 3.34. The van der Waals surface area contributed by atoms with Crippen LogP contribution in [0.2, 0.25) is 0 Å². The number of methoxy groups -OCH3 is 1. The largest absolute Gasteiger partial charge is 0.469 e. The monoisotopic (exact) mass is 499 g/mol. The molecule has 4 rings (SSSR count). The molecule has 1 atom stereocenters. The van der Waals surface area contributed by atoms with Gasteiger partial charge >= 0.3 is 17.8 Å². The van der Waals surface area contributed by atoms with E-state index in [9.17, 15) is 27.2 Å².